The summed E-state index contributed by atoms with van der Waals surface area (Å²) in [6, 6.07) is 0. The number of aromatic amines is 1. The molecule has 4 nitrogen and oxygen atoms in total. The van der Waals surface area contributed by atoms with Gasteiger partial charge in [-0.15, -0.1) is 0 Å². The van der Waals surface area contributed by atoms with Crippen LogP contribution in [-0.2, 0) is 6.54 Å². The van der Waals surface area contributed by atoms with Gasteiger partial charge in [-0.3, -0.25) is 4.98 Å². The molecule has 0 radical (unpaired) electrons. The summed E-state index contributed by atoms with van der Waals surface area (Å²) in [4.78, 5) is 12.1. The average molecular weight is 258 g/mol. The van der Waals surface area contributed by atoms with Gasteiger partial charge < -0.3 is 10.3 Å². The Bertz CT molecular complexity index is 617. The van der Waals surface area contributed by atoms with Gasteiger partial charge in [0.2, 0.25) is 0 Å². The molecule has 2 aromatic heterocycles. The van der Waals surface area contributed by atoms with Gasteiger partial charge in [-0.2, -0.15) is 0 Å². The maximum atomic E-state index is 4.57. The standard InChI is InChI=1S/C15H22N4/c1-9-12(7-16-11(3)15(4,5)6)14-13(10(2)19-9)17-8-18-14/h8,16H,3,7H2,1-2,4-6H3,(H,17,18). The zero-order valence-electron chi connectivity index (χ0n) is 12.4. The maximum Gasteiger partial charge on any atom is 0.0969 e. The molecule has 0 amide bonds. The van der Waals surface area contributed by atoms with E-state index in [1.165, 1.54) is 0 Å². The van der Waals surface area contributed by atoms with Crippen LogP contribution in [0.1, 0.15) is 37.7 Å². The topological polar surface area (TPSA) is 53.6 Å². The Morgan fingerprint density at radius 1 is 1.32 bits per heavy atom. The monoisotopic (exact) mass is 258 g/mol. The first-order chi connectivity index (χ1) is 8.80. The number of pyridine rings is 1. The second kappa shape index (κ2) is 4.68. The van der Waals surface area contributed by atoms with Crippen LogP contribution in [0.2, 0.25) is 0 Å². The minimum atomic E-state index is 0.0523. The van der Waals surface area contributed by atoms with Crippen molar-refractivity contribution in [3.8, 4) is 0 Å². The molecule has 0 spiro atoms. The number of fused-ring (bicyclic) bond motifs is 1. The molecule has 19 heavy (non-hydrogen) atoms. The lowest BCUT2D eigenvalue weighted by Crippen LogP contribution is -2.23. The van der Waals surface area contributed by atoms with Gasteiger partial charge in [0, 0.05) is 28.9 Å². The first kappa shape index (κ1) is 13.6. The maximum absolute atomic E-state index is 4.57. The summed E-state index contributed by atoms with van der Waals surface area (Å²) in [5.41, 5.74) is 6.23. The second-order valence-electron chi connectivity index (χ2n) is 5.97. The zero-order valence-corrected chi connectivity index (χ0v) is 12.4. The van der Waals surface area contributed by atoms with Crippen LogP contribution in [0, 0.1) is 19.3 Å². The third kappa shape index (κ3) is 2.62. The predicted molar refractivity (Wildman–Crippen MR) is 78.8 cm³/mol. The van der Waals surface area contributed by atoms with E-state index in [1.54, 1.807) is 6.33 Å². The van der Waals surface area contributed by atoms with Crippen molar-refractivity contribution in [2.75, 3.05) is 0 Å². The van der Waals surface area contributed by atoms with Crippen molar-refractivity contribution in [2.24, 2.45) is 5.41 Å². The molecule has 2 aromatic rings. The normalized spacial score (nSPS) is 11.8. The molecule has 0 saturated carbocycles. The van der Waals surface area contributed by atoms with E-state index in [9.17, 15) is 0 Å². The molecule has 2 N–H and O–H groups in total. The van der Waals surface area contributed by atoms with Gasteiger partial charge in [-0.1, -0.05) is 27.4 Å². The summed E-state index contributed by atoms with van der Waals surface area (Å²) in [7, 11) is 0. The Morgan fingerprint density at radius 2 is 2.00 bits per heavy atom. The molecule has 4 heteroatoms. The number of H-pyrrole nitrogens is 1. The minimum Gasteiger partial charge on any atom is -0.384 e. The highest BCUT2D eigenvalue weighted by Crippen LogP contribution is 2.24. The SMILES string of the molecule is C=C(NCc1c(C)nc(C)c2[nH]cnc12)C(C)(C)C. The first-order valence-electron chi connectivity index (χ1n) is 6.53. The van der Waals surface area contributed by atoms with Crippen molar-refractivity contribution in [3.63, 3.8) is 0 Å². The first-order valence-corrected chi connectivity index (χ1v) is 6.53. The van der Waals surface area contributed by atoms with Crippen molar-refractivity contribution in [1.29, 1.82) is 0 Å². The smallest absolute Gasteiger partial charge is 0.0969 e. The highest BCUT2D eigenvalue weighted by molar-refractivity contribution is 5.80. The lowest BCUT2D eigenvalue weighted by molar-refractivity contribution is 0.461. The number of hydrogen-bond acceptors (Lipinski definition) is 3. The van der Waals surface area contributed by atoms with Crippen LogP contribution >= 0.6 is 0 Å². The molecule has 2 heterocycles. The molecule has 0 aliphatic carbocycles. The molecular weight excluding hydrogens is 236 g/mol. The molecule has 102 valence electrons. The van der Waals surface area contributed by atoms with Gasteiger partial charge in [0.1, 0.15) is 0 Å². The molecule has 0 bridgehead atoms. The number of rotatable bonds is 3. The fourth-order valence-electron chi connectivity index (χ4n) is 2.02. The third-order valence-corrected chi connectivity index (χ3v) is 3.44. The van der Waals surface area contributed by atoms with E-state index in [1.807, 2.05) is 13.8 Å². The summed E-state index contributed by atoms with van der Waals surface area (Å²) in [6.45, 7) is 15.3. The fraction of sp³-hybridized carbons (Fsp3) is 0.467. The van der Waals surface area contributed by atoms with E-state index in [0.29, 0.717) is 6.54 Å². The van der Waals surface area contributed by atoms with Crippen LogP contribution in [0.4, 0.5) is 0 Å². The molecule has 0 saturated heterocycles. The Kier molecular flexibility index (Phi) is 3.35. The molecule has 2 rings (SSSR count). The van der Waals surface area contributed by atoms with Gasteiger partial charge in [0.25, 0.3) is 0 Å². The van der Waals surface area contributed by atoms with Crippen LogP contribution < -0.4 is 5.32 Å². The highest BCUT2D eigenvalue weighted by Gasteiger charge is 2.16. The Labute approximate surface area is 114 Å². The average Bonchev–Trinajstić information content (AvgIpc) is 2.76. The molecule has 0 fully saturated rings. The fourth-order valence-corrected chi connectivity index (χ4v) is 2.02. The van der Waals surface area contributed by atoms with Crippen LogP contribution in [0.15, 0.2) is 18.6 Å². The predicted octanol–water partition coefficient (Wildman–Crippen LogP) is 3.22. The quantitative estimate of drug-likeness (QED) is 0.888. The van der Waals surface area contributed by atoms with Crippen LogP contribution in [0.5, 0.6) is 0 Å². The van der Waals surface area contributed by atoms with Crippen molar-refractivity contribution < 1.29 is 0 Å². The van der Waals surface area contributed by atoms with Crippen molar-refractivity contribution >= 4 is 11.0 Å². The Morgan fingerprint density at radius 3 is 2.63 bits per heavy atom. The van der Waals surface area contributed by atoms with E-state index in [2.05, 4.69) is 47.6 Å². The third-order valence-electron chi connectivity index (χ3n) is 3.44. The van der Waals surface area contributed by atoms with Crippen molar-refractivity contribution in [3.05, 3.63) is 35.6 Å². The molecule has 0 atom stereocenters. The van der Waals surface area contributed by atoms with E-state index >= 15 is 0 Å². The number of aryl methyl sites for hydroxylation is 2. The highest BCUT2D eigenvalue weighted by atomic mass is 14.9. The van der Waals surface area contributed by atoms with E-state index in [0.717, 1.165) is 33.7 Å². The number of allylic oxidation sites excluding steroid dienone is 1. The molecule has 0 aliphatic heterocycles. The summed E-state index contributed by atoms with van der Waals surface area (Å²) in [5, 5.41) is 3.39. The summed E-state index contributed by atoms with van der Waals surface area (Å²) in [5.74, 6) is 0. The molecular formula is C15H22N4. The van der Waals surface area contributed by atoms with E-state index < -0.39 is 0 Å². The number of hydrogen-bond donors (Lipinski definition) is 2. The number of nitrogens with zero attached hydrogens (tertiary/aromatic N) is 2. The number of imidazole rings is 1. The lowest BCUT2D eigenvalue weighted by atomic mass is 9.93. The van der Waals surface area contributed by atoms with Crippen molar-refractivity contribution in [2.45, 2.75) is 41.2 Å². The summed E-state index contributed by atoms with van der Waals surface area (Å²) < 4.78 is 0. The van der Waals surface area contributed by atoms with Crippen molar-refractivity contribution in [1.82, 2.24) is 20.3 Å². The summed E-state index contributed by atoms with van der Waals surface area (Å²) in [6.07, 6.45) is 1.72. The largest absolute Gasteiger partial charge is 0.384 e. The van der Waals surface area contributed by atoms with Crippen LogP contribution in [0.3, 0.4) is 0 Å². The van der Waals surface area contributed by atoms with Gasteiger partial charge in [0.05, 0.1) is 23.1 Å². The lowest BCUT2D eigenvalue weighted by Gasteiger charge is -2.23. The van der Waals surface area contributed by atoms with Gasteiger partial charge >= 0.3 is 0 Å². The molecule has 0 unspecified atom stereocenters. The van der Waals surface area contributed by atoms with Gasteiger partial charge in [0.15, 0.2) is 0 Å². The second-order valence-corrected chi connectivity index (χ2v) is 5.97. The van der Waals surface area contributed by atoms with Crippen LogP contribution in [0.25, 0.3) is 11.0 Å². The zero-order chi connectivity index (χ0) is 14.2. The molecule has 0 aromatic carbocycles. The van der Waals surface area contributed by atoms with E-state index in [-0.39, 0.29) is 5.41 Å². The van der Waals surface area contributed by atoms with Gasteiger partial charge in [-0.05, 0) is 13.8 Å². The van der Waals surface area contributed by atoms with Crippen LogP contribution in [-0.4, -0.2) is 15.0 Å². The summed E-state index contributed by atoms with van der Waals surface area (Å²) >= 11 is 0. The van der Waals surface area contributed by atoms with Gasteiger partial charge in [-0.25, -0.2) is 4.98 Å². The molecule has 0 aliphatic rings. The number of aromatic nitrogens is 3. The van der Waals surface area contributed by atoms with E-state index in [4.69, 9.17) is 0 Å². The Balaban J connectivity index is 2.31. The minimum absolute atomic E-state index is 0.0523. The Hall–Kier alpha value is -1.84. The number of nitrogens with one attached hydrogen (secondary N) is 2.